The second kappa shape index (κ2) is 9.91. The molecule has 1 aliphatic rings. The highest BCUT2D eigenvalue weighted by molar-refractivity contribution is 6.34. The fourth-order valence-electron chi connectivity index (χ4n) is 4.12. The number of piperidine rings is 1. The Morgan fingerprint density at radius 3 is 2.42 bits per heavy atom. The average Bonchev–Trinajstić information content (AvgIpc) is 2.81. The van der Waals surface area contributed by atoms with E-state index in [0.717, 1.165) is 42.9 Å². The number of pyridine rings is 1. The molecule has 2 heterocycles. The number of carbonyl (C=O) groups excluding carboxylic acids is 2. The van der Waals surface area contributed by atoms with Gasteiger partial charge in [-0.2, -0.15) is 0 Å². The van der Waals surface area contributed by atoms with Gasteiger partial charge in [0, 0.05) is 29.1 Å². The molecule has 2 N–H and O–H groups in total. The molecular weight excluding hydrogens is 459 g/mol. The fourth-order valence-corrected chi connectivity index (χ4v) is 4.60. The Kier molecular flexibility index (Phi) is 6.98. The van der Waals surface area contributed by atoms with Gasteiger partial charge >= 0.3 is 0 Å². The Hall–Kier alpha value is -2.93. The Morgan fingerprint density at radius 2 is 1.79 bits per heavy atom. The number of primary amides is 1. The first-order valence-corrected chi connectivity index (χ1v) is 11.4. The summed E-state index contributed by atoms with van der Waals surface area (Å²) in [6.45, 7) is 1.77. The van der Waals surface area contributed by atoms with E-state index in [1.807, 2.05) is 35.2 Å². The van der Waals surface area contributed by atoms with Crippen LogP contribution in [0.2, 0.25) is 10.0 Å². The standard InChI is InChI=1S/C25H24Cl2N4O2/c1-30-12-9-17(10-13-30)31(25(33)16-5-7-19(24(28)32)22(27)14-16)18-6-8-21(26)20(15-18)23-4-2-3-11-29-23/h2-8,11,14-15,17H,9-10,12-13H2,1H3,(H2,28,32). The topological polar surface area (TPSA) is 79.5 Å². The molecule has 3 aromatic rings. The SMILES string of the molecule is CN1CCC(N(C(=O)c2ccc(C(N)=O)c(Cl)c2)c2ccc(Cl)c(-c3ccccn3)c2)CC1. The van der Waals surface area contributed by atoms with Gasteiger partial charge in [0.15, 0.2) is 0 Å². The zero-order valence-electron chi connectivity index (χ0n) is 18.2. The number of amides is 2. The Labute approximate surface area is 202 Å². The van der Waals surface area contributed by atoms with Gasteiger partial charge in [0.1, 0.15) is 0 Å². The molecule has 0 radical (unpaired) electrons. The van der Waals surface area contributed by atoms with Crippen molar-refractivity contribution in [3.05, 3.63) is 82.0 Å². The van der Waals surface area contributed by atoms with Crippen LogP contribution in [0.25, 0.3) is 11.3 Å². The first-order valence-electron chi connectivity index (χ1n) is 10.7. The summed E-state index contributed by atoms with van der Waals surface area (Å²) in [4.78, 5) is 33.8. The smallest absolute Gasteiger partial charge is 0.258 e. The van der Waals surface area contributed by atoms with E-state index in [9.17, 15) is 9.59 Å². The summed E-state index contributed by atoms with van der Waals surface area (Å²) in [6, 6.07) is 15.8. The molecule has 0 unspecified atom stereocenters. The molecule has 1 aromatic heterocycles. The zero-order chi connectivity index (χ0) is 23.5. The average molecular weight is 483 g/mol. The van der Waals surface area contributed by atoms with Gasteiger partial charge in [-0.1, -0.05) is 29.3 Å². The molecule has 33 heavy (non-hydrogen) atoms. The maximum absolute atomic E-state index is 13.8. The number of hydrogen-bond donors (Lipinski definition) is 1. The summed E-state index contributed by atoms with van der Waals surface area (Å²) in [5, 5.41) is 0.712. The van der Waals surface area contributed by atoms with Crippen molar-refractivity contribution in [1.82, 2.24) is 9.88 Å². The fraction of sp³-hybridized carbons (Fsp3) is 0.240. The minimum absolute atomic E-state index is 0.000973. The summed E-state index contributed by atoms with van der Waals surface area (Å²) in [6.07, 6.45) is 3.37. The van der Waals surface area contributed by atoms with E-state index in [2.05, 4.69) is 16.9 Å². The number of carbonyl (C=O) groups is 2. The highest BCUT2D eigenvalue weighted by Crippen LogP contribution is 2.34. The van der Waals surface area contributed by atoms with Crippen LogP contribution in [0.4, 0.5) is 5.69 Å². The lowest BCUT2D eigenvalue weighted by atomic mass is 10.00. The van der Waals surface area contributed by atoms with Gasteiger partial charge in [0.25, 0.3) is 5.91 Å². The largest absolute Gasteiger partial charge is 0.366 e. The van der Waals surface area contributed by atoms with Crippen LogP contribution in [-0.4, -0.2) is 47.9 Å². The van der Waals surface area contributed by atoms with Crippen molar-refractivity contribution in [1.29, 1.82) is 0 Å². The number of hydrogen-bond acceptors (Lipinski definition) is 4. The lowest BCUT2D eigenvalue weighted by molar-refractivity contribution is 0.0960. The monoisotopic (exact) mass is 482 g/mol. The number of benzene rings is 2. The van der Waals surface area contributed by atoms with Crippen LogP contribution in [0.1, 0.15) is 33.6 Å². The number of aromatic nitrogens is 1. The second-order valence-corrected chi connectivity index (χ2v) is 8.96. The minimum Gasteiger partial charge on any atom is -0.366 e. The maximum Gasteiger partial charge on any atom is 0.258 e. The molecule has 2 amide bonds. The van der Waals surface area contributed by atoms with E-state index >= 15 is 0 Å². The van der Waals surface area contributed by atoms with Gasteiger partial charge < -0.3 is 15.5 Å². The van der Waals surface area contributed by atoms with Crippen LogP contribution in [0, 0.1) is 0 Å². The molecular formula is C25H24Cl2N4O2. The van der Waals surface area contributed by atoms with Crippen molar-refractivity contribution < 1.29 is 9.59 Å². The maximum atomic E-state index is 13.8. The Bertz CT molecular complexity index is 1180. The van der Waals surface area contributed by atoms with Crippen LogP contribution in [0.15, 0.2) is 60.8 Å². The molecule has 4 rings (SSSR count). The molecule has 2 aromatic carbocycles. The van der Waals surface area contributed by atoms with Crippen LogP contribution < -0.4 is 10.6 Å². The number of halogens is 2. The summed E-state index contributed by atoms with van der Waals surface area (Å²) in [5.41, 5.74) is 8.15. The van der Waals surface area contributed by atoms with Gasteiger partial charge in [-0.05, 0) is 81.5 Å². The molecule has 1 aliphatic heterocycles. The van der Waals surface area contributed by atoms with Crippen LogP contribution in [0.5, 0.6) is 0 Å². The number of likely N-dealkylation sites (tertiary alicyclic amines) is 1. The third-order valence-electron chi connectivity index (χ3n) is 5.92. The van der Waals surface area contributed by atoms with Crippen molar-refractivity contribution in [2.45, 2.75) is 18.9 Å². The molecule has 8 heteroatoms. The van der Waals surface area contributed by atoms with E-state index in [1.54, 1.807) is 18.3 Å². The normalized spacial score (nSPS) is 14.8. The lowest BCUT2D eigenvalue weighted by Crippen LogP contribution is -2.47. The van der Waals surface area contributed by atoms with Crippen molar-refractivity contribution in [2.75, 3.05) is 25.0 Å². The third kappa shape index (κ3) is 5.03. The Morgan fingerprint density at radius 1 is 1.03 bits per heavy atom. The van der Waals surface area contributed by atoms with E-state index in [1.165, 1.54) is 12.1 Å². The molecule has 0 saturated carbocycles. The van der Waals surface area contributed by atoms with Crippen molar-refractivity contribution in [2.24, 2.45) is 5.73 Å². The summed E-state index contributed by atoms with van der Waals surface area (Å²) >= 11 is 12.7. The first kappa shape index (κ1) is 23.2. The highest BCUT2D eigenvalue weighted by atomic mass is 35.5. The van der Waals surface area contributed by atoms with Crippen molar-refractivity contribution in [3.63, 3.8) is 0 Å². The molecule has 6 nitrogen and oxygen atoms in total. The van der Waals surface area contributed by atoms with Crippen LogP contribution >= 0.6 is 23.2 Å². The quantitative estimate of drug-likeness (QED) is 0.560. The predicted octanol–water partition coefficient (Wildman–Crippen LogP) is 4.90. The molecule has 1 fully saturated rings. The second-order valence-electron chi connectivity index (χ2n) is 8.15. The molecule has 0 bridgehead atoms. The molecule has 1 saturated heterocycles. The summed E-state index contributed by atoms with van der Waals surface area (Å²) in [5.74, 6) is -0.833. The number of anilines is 1. The molecule has 170 valence electrons. The number of nitrogens with zero attached hydrogens (tertiary/aromatic N) is 3. The van der Waals surface area contributed by atoms with Crippen molar-refractivity contribution in [3.8, 4) is 11.3 Å². The zero-order valence-corrected chi connectivity index (χ0v) is 19.7. The van der Waals surface area contributed by atoms with Gasteiger partial charge in [-0.3, -0.25) is 14.6 Å². The Balaban J connectivity index is 1.77. The van der Waals surface area contributed by atoms with Gasteiger partial charge in [-0.15, -0.1) is 0 Å². The predicted molar refractivity (Wildman–Crippen MR) is 132 cm³/mol. The van der Waals surface area contributed by atoms with Crippen LogP contribution in [-0.2, 0) is 0 Å². The number of rotatable bonds is 5. The van der Waals surface area contributed by atoms with Gasteiger partial charge in [0.05, 0.1) is 21.3 Å². The highest BCUT2D eigenvalue weighted by Gasteiger charge is 2.30. The number of nitrogens with two attached hydrogens (primary N) is 1. The minimum atomic E-state index is -0.635. The first-order chi connectivity index (χ1) is 15.8. The molecule has 0 spiro atoms. The third-order valence-corrected chi connectivity index (χ3v) is 6.56. The van der Waals surface area contributed by atoms with Crippen LogP contribution in [0.3, 0.4) is 0 Å². The van der Waals surface area contributed by atoms with Gasteiger partial charge in [-0.25, -0.2) is 0 Å². The summed E-state index contributed by atoms with van der Waals surface area (Å²) < 4.78 is 0. The van der Waals surface area contributed by atoms with E-state index in [4.69, 9.17) is 28.9 Å². The van der Waals surface area contributed by atoms with E-state index < -0.39 is 5.91 Å². The van der Waals surface area contributed by atoms with Gasteiger partial charge in [0.2, 0.25) is 5.91 Å². The van der Waals surface area contributed by atoms with Crippen molar-refractivity contribution >= 4 is 40.7 Å². The molecule has 0 atom stereocenters. The summed E-state index contributed by atoms with van der Waals surface area (Å²) in [7, 11) is 2.08. The molecule has 0 aliphatic carbocycles. The lowest BCUT2D eigenvalue weighted by Gasteiger charge is -2.37. The van der Waals surface area contributed by atoms with E-state index in [0.29, 0.717) is 10.6 Å². The van der Waals surface area contributed by atoms with E-state index in [-0.39, 0.29) is 22.5 Å².